The third-order valence-corrected chi connectivity index (χ3v) is 2.66. The highest BCUT2D eigenvalue weighted by Crippen LogP contribution is 2.25. The lowest BCUT2D eigenvalue weighted by molar-refractivity contribution is 0.435. The maximum atomic E-state index is 9.74. The number of benzene rings is 1. The number of aromatic nitrogens is 1. The molecule has 0 spiro atoms. The molecule has 0 aliphatic heterocycles. The van der Waals surface area contributed by atoms with Gasteiger partial charge in [-0.15, -0.1) is 0 Å². The van der Waals surface area contributed by atoms with E-state index in [9.17, 15) is 5.11 Å². The first kappa shape index (κ1) is 8.96. The van der Waals surface area contributed by atoms with Crippen LogP contribution in [0.5, 0.6) is 0 Å². The van der Waals surface area contributed by atoms with E-state index in [0.29, 0.717) is 0 Å². The van der Waals surface area contributed by atoms with Gasteiger partial charge < -0.3 is 10.1 Å². The Balaban J connectivity index is 2.20. The van der Waals surface area contributed by atoms with Crippen molar-refractivity contribution in [2.24, 2.45) is 0 Å². The van der Waals surface area contributed by atoms with E-state index in [1.165, 1.54) is 0 Å². The van der Waals surface area contributed by atoms with Crippen LogP contribution < -0.4 is 0 Å². The SMILES string of the molecule is OC1=C(c2cc3ccccc3[nH]2)C=C[C+]=C1. The van der Waals surface area contributed by atoms with Crippen LogP contribution in [0.15, 0.2) is 54.3 Å². The number of allylic oxidation sites excluding steroid dienone is 5. The van der Waals surface area contributed by atoms with Crippen LogP contribution in [0, 0.1) is 6.08 Å². The van der Waals surface area contributed by atoms with Gasteiger partial charge in [-0.1, -0.05) is 18.2 Å². The largest absolute Gasteiger partial charge is 0.448 e. The first-order valence-corrected chi connectivity index (χ1v) is 5.12. The van der Waals surface area contributed by atoms with Gasteiger partial charge in [0.15, 0.2) is 5.57 Å². The zero-order valence-electron chi connectivity index (χ0n) is 8.57. The highest BCUT2D eigenvalue weighted by molar-refractivity contribution is 5.87. The molecule has 2 N–H and O–H groups in total. The second kappa shape index (κ2) is 3.37. The van der Waals surface area contributed by atoms with Crippen LogP contribution in [-0.4, -0.2) is 10.1 Å². The fourth-order valence-corrected chi connectivity index (χ4v) is 1.87. The van der Waals surface area contributed by atoms with Crippen molar-refractivity contribution in [2.45, 2.75) is 0 Å². The third kappa shape index (κ3) is 1.33. The average Bonchev–Trinajstić information content (AvgIpc) is 2.73. The lowest BCUT2D eigenvalue weighted by atomic mass is 10.1. The van der Waals surface area contributed by atoms with Crippen molar-refractivity contribution in [1.82, 2.24) is 4.98 Å². The summed E-state index contributed by atoms with van der Waals surface area (Å²) in [6.07, 6.45) is 8.05. The van der Waals surface area contributed by atoms with E-state index in [4.69, 9.17) is 0 Å². The normalized spacial score (nSPS) is 14.5. The van der Waals surface area contributed by atoms with E-state index in [2.05, 4.69) is 11.1 Å². The van der Waals surface area contributed by atoms with Gasteiger partial charge in [-0.3, -0.25) is 0 Å². The van der Waals surface area contributed by atoms with Crippen LogP contribution in [0.25, 0.3) is 16.5 Å². The molecule has 1 aromatic carbocycles. The van der Waals surface area contributed by atoms with Crippen molar-refractivity contribution in [3.05, 3.63) is 66.1 Å². The van der Waals surface area contributed by atoms with Crippen molar-refractivity contribution in [1.29, 1.82) is 0 Å². The summed E-state index contributed by atoms with van der Waals surface area (Å²) in [5.41, 5.74) is 2.80. The lowest BCUT2D eigenvalue weighted by Gasteiger charge is -1.95. The van der Waals surface area contributed by atoms with Crippen LogP contribution in [0.3, 0.4) is 0 Å². The summed E-state index contributed by atoms with van der Waals surface area (Å²) in [6, 6.07) is 10.1. The standard InChI is InChI=1S/C14H9NO/c16-14-8-4-2-6-11(14)13-9-10-5-1-3-7-12(10)15-13/h1-3,5-9,15H/p+1. The molecule has 0 fully saturated rings. The van der Waals surface area contributed by atoms with Crippen molar-refractivity contribution in [3.63, 3.8) is 0 Å². The zero-order chi connectivity index (χ0) is 11.0. The molecule has 76 valence electrons. The molecule has 0 radical (unpaired) electrons. The molecule has 3 rings (SSSR count). The Labute approximate surface area is 93.2 Å². The predicted molar refractivity (Wildman–Crippen MR) is 64.8 cm³/mol. The van der Waals surface area contributed by atoms with Crippen LogP contribution in [0.4, 0.5) is 0 Å². The first-order valence-electron chi connectivity index (χ1n) is 5.12. The second-order valence-corrected chi connectivity index (χ2v) is 3.71. The number of H-pyrrole nitrogens is 1. The minimum atomic E-state index is 0.244. The zero-order valence-corrected chi connectivity index (χ0v) is 8.57. The lowest BCUT2D eigenvalue weighted by Crippen LogP contribution is -1.89. The molecule has 2 nitrogen and oxygen atoms in total. The molecule has 0 saturated heterocycles. The number of hydrogen-bond acceptors (Lipinski definition) is 1. The third-order valence-electron chi connectivity index (χ3n) is 2.66. The van der Waals surface area contributed by atoms with Gasteiger partial charge in [0.25, 0.3) is 0 Å². The maximum absolute atomic E-state index is 9.74. The van der Waals surface area contributed by atoms with Gasteiger partial charge in [0, 0.05) is 17.0 Å². The van der Waals surface area contributed by atoms with Crippen LogP contribution in [-0.2, 0) is 0 Å². The number of aromatic amines is 1. The van der Waals surface area contributed by atoms with Gasteiger partial charge in [0.2, 0.25) is 5.76 Å². The highest BCUT2D eigenvalue weighted by atomic mass is 16.3. The molecule has 1 heterocycles. The Morgan fingerprint density at radius 1 is 1.19 bits per heavy atom. The van der Waals surface area contributed by atoms with Crippen LogP contribution in [0.1, 0.15) is 5.69 Å². The molecule has 1 aromatic heterocycles. The minimum absolute atomic E-state index is 0.244. The summed E-state index contributed by atoms with van der Waals surface area (Å²) in [7, 11) is 0. The van der Waals surface area contributed by atoms with E-state index < -0.39 is 0 Å². The topological polar surface area (TPSA) is 36.0 Å². The number of para-hydroxylation sites is 1. The molecule has 0 bridgehead atoms. The second-order valence-electron chi connectivity index (χ2n) is 3.71. The predicted octanol–water partition coefficient (Wildman–Crippen LogP) is 3.37. The van der Waals surface area contributed by atoms with Gasteiger partial charge in [-0.05, 0) is 12.1 Å². The van der Waals surface area contributed by atoms with Gasteiger partial charge in [0.05, 0.1) is 11.8 Å². The summed E-state index contributed by atoms with van der Waals surface area (Å²) in [6.45, 7) is 0. The van der Waals surface area contributed by atoms with E-state index in [1.54, 1.807) is 12.2 Å². The van der Waals surface area contributed by atoms with Crippen molar-refractivity contribution < 1.29 is 5.11 Å². The first-order chi connectivity index (χ1) is 7.84. The molecule has 2 aromatic rings. The maximum Gasteiger partial charge on any atom is 0.239 e. The van der Waals surface area contributed by atoms with Crippen molar-refractivity contribution in [2.75, 3.05) is 0 Å². The fraction of sp³-hybridized carbons (Fsp3) is 0. The van der Waals surface area contributed by atoms with Crippen LogP contribution >= 0.6 is 0 Å². The smallest absolute Gasteiger partial charge is 0.239 e. The molecule has 1 aliphatic rings. The molecule has 0 saturated carbocycles. The number of rotatable bonds is 1. The highest BCUT2D eigenvalue weighted by Gasteiger charge is 2.16. The number of aliphatic hydroxyl groups excluding tert-OH is 1. The van der Waals surface area contributed by atoms with Gasteiger partial charge in [-0.25, -0.2) is 0 Å². The average molecular weight is 208 g/mol. The summed E-state index contributed by atoms with van der Waals surface area (Å²) >= 11 is 0. The van der Waals surface area contributed by atoms with E-state index in [0.717, 1.165) is 22.2 Å². The summed E-state index contributed by atoms with van der Waals surface area (Å²) in [5.74, 6) is 0.244. The molecule has 16 heavy (non-hydrogen) atoms. The van der Waals surface area contributed by atoms with E-state index in [1.807, 2.05) is 36.4 Å². The monoisotopic (exact) mass is 208 g/mol. The molecule has 1 aliphatic carbocycles. The number of fused-ring (bicyclic) bond motifs is 1. The quantitative estimate of drug-likeness (QED) is 0.692. The van der Waals surface area contributed by atoms with Gasteiger partial charge >= 0.3 is 0 Å². The summed E-state index contributed by atoms with van der Waals surface area (Å²) in [4.78, 5) is 3.28. The van der Waals surface area contributed by atoms with E-state index >= 15 is 0 Å². The molecule has 2 heteroatoms. The fourth-order valence-electron chi connectivity index (χ4n) is 1.87. The number of aliphatic hydroxyl groups is 1. The van der Waals surface area contributed by atoms with Gasteiger partial charge in [0.1, 0.15) is 12.2 Å². The minimum Gasteiger partial charge on any atom is -0.448 e. The van der Waals surface area contributed by atoms with Crippen molar-refractivity contribution in [3.8, 4) is 0 Å². The number of nitrogens with one attached hydrogen (secondary N) is 1. The Morgan fingerprint density at radius 2 is 2.06 bits per heavy atom. The van der Waals surface area contributed by atoms with Gasteiger partial charge in [-0.2, -0.15) is 0 Å². The Bertz CT molecular complexity index is 596. The Morgan fingerprint density at radius 3 is 2.88 bits per heavy atom. The summed E-state index contributed by atoms with van der Waals surface area (Å²) in [5, 5.41) is 10.9. The number of hydrogen-bond donors (Lipinski definition) is 2. The molecular weight excluding hydrogens is 198 g/mol. The Kier molecular flexibility index (Phi) is 1.89. The molecule has 0 atom stereocenters. The summed E-state index contributed by atoms with van der Waals surface area (Å²) < 4.78 is 0. The van der Waals surface area contributed by atoms with Crippen molar-refractivity contribution >= 4 is 16.5 Å². The molecule has 0 unspecified atom stereocenters. The molecule has 0 amide bonds. The van der Waals surface area contributed by atoms with E-state index in [-0.39, 0.29) is 5.76 Å². The Hall–Kier alpha value is -2.31. The van der Waals surface area contributed by atoms with Crippen LogP contribution in [0.2, 0.25) is 0 Å². The molecular formula is C14H10NO+.